The van der Waals surface area contributed by atoms with Gasteiger partial charge < -0.3 is 0 Å². The van der Waals surface area contributed by atoms with Crippen LogP contribution in [-0.2, 0) is 5.11 Å². The Kier molecular flexibility index (Phi) is 5.84. The highest BCUT2D eigenvalue weighted by Crippen LogP contribution is 2.45. The molecule has 0 aliphatic rings. The van der Waals surface area contributed by atoms with Crippen LogP contribution in [-0.4, -0.2) is 33.1 Å². The van der Waals surface area contributed by atoms with Crippen LogP contribution in [0.1, 0.15) is 5.82 Å². The van der Waals surface area contributed by atoms with Crippen LogP contribution in [0.15, 0.2) is 140 Å². The molecular formula is C38H29B3N2. The average molecular weight is 546 g/mol. The maximum Gasteiger partial charge on any atom is 0.0994 e. The first kappa shape index (κ1) is 25.7. The molecule has 0 amide bonds. The van der Waals surface area contributed by atoms with Crippen LogP contribution in [0.5, 0.6) is 0 Å². The molecule has 0 fully saturated rings. The highest BCUT2D eigenvalue weighted by molar-refractivity contribution is 6.58. The van der Waals surface area contributed by atoms with Gasteiger partial charge in [-0.25, -0.2) is 4.98 Å². The summed E-state index contributed by atoms with van der Waals surface area (Å²) < 4.78 is 2.34. The highest BCUT2D eigenvalue weighted by Gasteiger charge is 2.24. The third-order valence-electron chi connectivity index (χ3n) is 8.62. The van der Waals surface area contributed by atoms with Crippen molar-refractivity contribution in [2.24, 2.45) is 0 Å². The molecule has 0 unspecified atom stereocenters. The minimum Gasteiger partial charge on any atom is -0.298 e. The zero-order valence-electron chi connectivity index (χ0n) is 24.7. The lowest BCUT2D eigenvalue weighted by Crippen LogP contribution is -2.31. The number of hydrogen-bond donors (Lipinski definition) is 0. The van der Waals surface area contributed by atoms with Crippen molar-refractivity contribution in [1.29, 1.82) is 0 Å². The number of aromatic nitrogens is 2. The number of rotatable bonds is 4. The summed E-state index contributed by atoms with van der Waals surface area (Å²) in [5, 5.41) is 7.46. The van der Waals surface area contributed by atoms with Gasteiger partial charge >= 0.3 is 0 Å². The minimum atomic E-state index is -0.117. The zero-order valence-corrected chi connectivity index (χ0v) is 24.7. The Morgan fingerprint density at radius 1 is 0.512 bits per heavy atom. The van der Waals surface area contributed by atoms with Gasteiger partial charge in [-0.3, -0.25) is 4.57 Å². The molecule has 8 aromatic rings. The van der Waals surface area contributed by atoms with Crippen LogP contribution in [0.3, 0.4) is 0 Å². The number of nitrogens with zero attached hydrogens (tertiary/aromatic N) is 2. The van der Waals surface area contributed by atoms with E-state index in [0.717, 1.165) is 22.5 Å². The van der Waals surface area contributed by atoms with Crippen molar-refractivity contribution in [3.63, 3.8) is 0 Å². The Balaban J connectivity index is 1.45. The summed E-state index contributed by atoms with van der Waals surface area (Å²) in [6.07, 6.45) is 0. The standard InChI is InChI=1S/C38H29B3N2/c39-38(40,41)37-42-33-21-7-8-22-34(33)43(37)26-14-9-13-25(23-26)35-29-16-3-5-18-31(29)36(32-19-6-4-17-30(32)35)28-20-10-12-24-11-1-2-15-27(24)28/h1-23H,39-41H2. The van der Waals surface area contributed by atoms with Crippen LogP contribution in [0.2, 0.25) is 0 Å². The predicted molar refractivity (Wildman–Crippen MR) is 192 cm³/mol. The van der Waals surface area contributed by atoms with Gasteiger partial charge in [0.05, 0.1) is 40.4 Å². The molecule has 0 radical (unpaired) electrons. The fourth-order valence-electron chi connectivity index (χ4n) is 6.76. The first-order valence-corrected chi connectivity index (χ1v) is 15.0. The van der Waals surface area contributed by atoms with E-state index in [0.29, 0.717) is 0 Å². The maximum absolute atomic E-state index is 5.10. The predicted octanol–water partition coefficient (Wildman–Crippen LogP) is 6.83. The molecule has 43 heavy (non-hydrogen) atoms. The number of imidazole rings is 1. The van der Waals surface area contributed by atoms with Crippen molar-refractivity contribution in [2.45, 2.75) is 5.11 Å². The van der Waals surface area contributed by atoms with Crippen molar-refractivity contribution in [3.05, 3.63) is 145 Å². The van der Waals surface area contributed by atoms with Gasteiger partial charge in [0, 0.05) is 5.69 Å². The van der Waals surface area contributed by atoms with Crippen LogP contribution in [0.4, 0.5) is 0 Å². The second-order valence-electron chi connectivity index (χ2n) is 12.4. The average Bonchev–Trinajstić information content (AvgIpc) is 3.44. The van der Waals surface area contributed by atoms with Gasteiger partial charge in [-0.05, 0) is 78.8 Å². The highest BCUT2D eigenvalue weighted by atomic mass is 15.1. The van der Waals surface area contributed by atoms with Crippen molar-refractivity contribution < 1.29 is 0 Å². The molecule has 0 atom stereocenters. The van der Waals surface area contributed by atoms with Crippen LogP contribution >= 0.6 is 0 Å². The molecule has 5 heteroatoms. The topological polar surface area (TPSA) is 17.8 Å². The van der Waals surface area contributed by atoms with Crippen molar-refractivity contribution in [1.82, 2.24) is 9.55 Å². The van der Waals surface area contributed by atoms with Gasteiger partial charge in [-0.15, -0.1) is 0 Å². The van der Waals surface area contributed by atoms with Crippen molar-refractivity contribution in [2.75, 3.05) is 0 Å². The van der Waals surface area contributed by atoms with Gasteiger partial charge in [-0.2, -0.15) is 0 Å². The first-order chi connectivity index (χ1) is 21.0. The Labute approximate surface area is 254 Å². The van der Waals surface area contributed by atoms with E-state index in [2.05, 4.69) is 168 Å². The fourth-order valence-corrected chi connectivity index (χ4v) is 6.76. The third-order valence-corrected chi connectivity index (χ3v) is 8.62. The van der Waals surface area contributed by atoms with Gasteiger partial charge in [0.2, 0.25) is 0 Å². The molecule has 0 aliphatic heterocycles. The summed E-state index contributed by atoms with van der Waals surface area (Å²) in [4.78, 5) is 5.10. The Morgan fingerprint density at radius 2 is 1.07 bits per heavy atom. The quantitative estimate of drug-likeness (QED) is 0.175. The molecule has 1 heterocycles. The lowest BCUT2D eigenvalue weighted by atomic mass is 9.42. The van der Waals surface area contributed by atoms with E-state index in [4.69, 9.17) is 4.98 Å². The molecule has 0 aliphatic carbocycles. The Morgan fingerprint density at radius 3 is 1.77 bits per heavy atom. The van der Waals surface area contributed by atoms with Crippen LogP contribution in [0, 0.1) is 0 Å². The van der Waals surface area contributed by atoms with Gasteiger partial charge in [0.25, 0.3) is 0 Å². The second kappa shape index (κ2) is 9.78. The number of para-hydroxylation sites is 2. The van der Waals surface area contributed by atoms with Crippen molar-refractivity contribution in [3.8, 4) is 27.9 Å². The van der Waals surface area contributed by atoms with E-state index in [1.54, 1.807) is 0 Å². The molecule has 1 aromatic heterocycles. The molecule has 7 aromatic carbocycles. The smallest absolute Gasteiger partial charge is 0.0994 e. The second-order valence-corrected chi connectivity index (χ2v) is 12.4. The SMILES string of the molecule is BC(B)(B)c1nc2ccccc2n1-c1cccc(-c2c3ccccc3c(-c3cccc4ccccc34)c3ccccc23)c1. The van der Waals surface area contributed by atoms with Gasteiger partial charge in [-0.1, -0.05) is 120 Å². The van der Waals surface area contributed by atoms with Gasteiger partial charge in [0.1, 0.15) is 0 Å². The molecule has 200 valence electrons. The molecule has 0 N–H and O–H groups in total. The van der Waals surface area contributed by atoms with E-state index in [9.17, 15) is 0 Å². The summed E-state index contributed by atoms with van der Waals surface area (Å²) in [6, 6.07) is 50.6. The van der Waals surface area contributed by atoms with E-state index in [-0.39, 0.29) is 5.11 Å². The summed E-state index contributed by atoms with van der Waals surface area (Å²) in [5.41, 5.74) is 8.30. The molecule has 0 bridgehead atoms. The van der Waals surface area contributed by atoms with E-state index < -0.39 is 0 Å². The summed E-state index contributed by atoms with van der Waals surface area (Å²) in [5.74, 6) is 1.06. The normalized spacial score (nSPS) is 12.0. The molecule has 0 saturated heterocycles. The number of fused-ring (bicyclic) bond motifs is 4. The number of benzene rings is 7. The summed E-state index contributed by atoms with van der Waals surface area (Å²) in [7, 11) is 6.71. The van der Waals surface area contributed by atoms with Gasteiger partial charge in [0.15, 0.2) is 0 Å². The maximum atomic E-state index is 5.10. The lowest BCUT2D eigenvalue weighted by Gasteiger charge is -2.22. The van der Waals surface area contributed by atoms with E-state index >= 15 is 0 Å². The zero-order chi connectivity index (χ0) is 29.1. The molecule has 0 spiro atoms. The molecule has 8 rings (SSSR count). The molecule has 2 nitrogen and oxygen atoms in total. The largest absolute Gasteiger partial charge is 0.298 e. The Bertz CT molecular complexity index is 2290. The molecule has 0 saturated carbocycles. The Hall–Kier alpha value is -5.02. The summed E-state index contributed by atoms with van der Waals surface area (Å²) in [6.45, 7) is 0. The lowest BCUT2D eigenvalue weighted by molar-refractivity contribution is 0.930. The fraction of sp³-hybridized carbons (Fsp3) is 0.0263. The van der Waals surface area contributed by atoms with Crippen LogP contribution < -0.4 is 0 Å². The van der Waals surface area contributed by atoms with E-state index in [1.807, 2.05) is 0 Å². The monoisotopic (exact) mass is 546 g/mol. The minimum absolute atomic E-state index is 0.117. The van der Waals surface area contributed by atoms with E-state index in [1.165, 1.54) is 54.6 Å². The third kappa shape index (κ3) is 4.11. The number of hydrogen-bond acceptors (Lipinski definition) is 1. The molecular weight excluding hydrogens is 517 g/mol. The van der Waals surface area contributed by atoms with Crippen molar-refractivity contribution >= 4 is 66.9 Å². The first-order valence-electron chi connectivity index (χ1n) is 15.0. The summed E-state index contributed by atoms with van der Waals surface area (Å²) >= 11 is 0. The van der Waals surface area contributed by atoms with Crippen LogP contribution in [0.25, 0.3) is 71.3 Å².